The van der Waals surface area contributed by atoms with Crippen LogP contribution in [0.25, 0.3) is 10.9 Å². The summed E-state index contributed by atoms with van der Waals surface area (Å²) in [7, 11) is 2.75. The van der Waals surface area contributed by atoms with E-state index in [1.807, 2.05) is 24.3 Å². The molecule has 1 aromatic carbocycles. The quantitative estimate of drug-likeness (QED) is 0.509. The van der Waals surface area contributed by atoms with Gasteiger partial charge in [-0.25, -0.2) is 5.06 Å². The summed E-state index contributed by atoms with van der Waals surface area (Å²) in [5, 5.41) is 1.67. The Kier molecular flexibility index (Phi) is 3.16. The van der Waals surface area contributed by atoms with Crippen LogP contribution in [0, 0.1) is 6.92 Å². The second-order valence-corrected chi connectivity index (χ2v) is 3.98. The van der Waals surface area contributed by atoms with Gasteiger partial charge in [-0.3, -0.25) is 14.4 Å². The molecule has 0 aliphatic carbocycles. The normalized spacial score (nSPS) is 10.6. The molecule has 0 radical (unpaired) electrons. The molecule has 94 valence electrons. The smallest absolute Gasteiger partial charge is 0.318 e. The highest BCUT2D eigenvalue weighted by molar-refractivity contribution is 6.45. The maximum absolute atomic E-state index is 12.1. The summed E-state index contributed by atoms with van der Waals surface area (Å²) < 4.78 is 0. The zero-order valence-electron chi connectivity index (χ0n) is 10.5. The number of aromatic amines is 1. The number of aryl methyl sites for hydroxylation is 1. The van der Waals surface area contributed by atoms with E-state index in [0.717, 1.165) is 16.0 Å². The number of carbonyl (C=O) groups excluding carboxylic acids is 2. The van der Waals surface area contributed by atoms with Crippen molar-refractivity contribution < 1.29 is 14.4 Å². The lowest BCUT2D eigenvalue weighted by atomic mass is 10.1. The van der Waals surface area contributed by atoms with Gasteiger partial charge in [0.25, 0.3) is 5.78 Å². The van der Waals surface area contributed by atoms with E-state index in [0.29, 0.717) is 11.3 Å². The number of H-pyrrole nitrogens is 1. The van der Waals surface area contributed by atoms with Crippen molar-refractivity contribution in [2.75, 3.05) is 14.2 Å². The molecule has 0 bridgehead atoms. The van der Waals surface area contributed by atoms with Crippen LogP contribution in [0.3, 0.4) is 0 Å². The van der Waals surface area contributed by atoms with E-state index in [-0.39, 0.29) is 0 Å². The first kappa shape index (κ1) is 12.3. The summed E-state index contributed by atoms with van der Waals surface area (Å²) in [6.07, 6.45) is 0. The molecule has 1 amide bonds. The summed E-state index contributed by atoms with van der Waals surface area (Å²) in [6.45, 7) is 1.77. The van der Waals surface area contributed by atoms with E-state index >= 15 is 0 Å². The van der Waals surface area contributed by atoms with E-state index < -0.39 is 11.7 Å². The predicted octanol–water partition coefficient (Wildman–Crippen LogP) is 1.68. The Morgan fingerprint density at radius 3 is 2.61 bits per heavy atom. The number of amides is 1. The molecule has 0 saturated heterocycles. The fourth-order valence-electron chi connectivity index (χ4n) is 1.90. The maximum Gasteiger partial charge on any atom is 0.318 e. The maximum atomic E-state index is 12.1. The van der Waals surface area contributed by atoms with Crippen LogP contribution in [0.4, 0.5) is 0 Å². The number of rotatable bonds is 3. The van der Waals surface area contributed by atoms with Crippen molar-refractivity contribution in [2.24, 2.45) is 0 Å². The first-order valence-electron chi connectivity index (χ1n) is 5.50. The minimum Gasteiger partial charge on any atom is -0.358 e. The average molecular weight is 246 g/mol. The molecule has 1 N–H and O–H groups in total. The number of nitrogens with zero attached hydrogens (tertiary/aromatic N) is 1. The van der Waals surface area contributed by atoms with Crippen LogP contribution < -0.4 is 0 Å². The summed E-state index contributed by atoms with van der Waals surface area (Å²) >= 11 is 0. The fourth-order valence-corrected chi connectivity index (χ4v) is 1.90. The van der Waals surface area contributed by atoms with Gasteiger partial charge in [-0.1, -0.05) is 18.2 Å². The van der Waals surface area contributed by atoms with Crippen molar-refractivity contribution in [3.05, 3.63) is 35.5 Å². The first-order chi connectivity index (χ1) is 8.56. The van der Waals surface area contributed by atoms with Crippen molar-refractivity contribution in [1.82, 2.24) is 10.0 Å². The monoisotopic (exact) mass is 246 g/mol. The lowest BCUT2D eigenvalue weighted by molar-refractivity contribution is -0.162. The number of hydroxylamine groups is 2. The van der Waals surface area contributed by atoms with Gasteiger partial charge in [0.15, 0.2) is 0 Å². The van der Waals surface area contributed by atoms with E-state index in [1.165, 1.54) is 14.2 Å². The number of nitrogens with one attached hydrogen (secondary N) is 1. The Morgan fingerprint density at radius 1 is 1.28 bits per heavy atom. The number of aromatic nitrogens is 1. The van der Waals surface area contributed by atoms with E-state index in [9.17, 15) is 9.59 Å². The molecule has 0 fully saturated rings. The fraction of sp³-hybridized carbons (Fsp3) is 0.231. The van der Waals surface area contributed by atoms with Gasteiger partial charge < -0.3 is 4.98 Å². The zero-order valence-corrected chi connectivity index (χ0v) is 10.5. The molecule has 5 nitrogen and oxygen atoms in total. The van der Waals surface area contributed by atoms with Gasteiger partial charge >= 0.3 is 5.91 Å². The van der Waals surface area contributed by atoms with Crippen molar-refractivity contribution >= 4 is 22.6 Å². The largest absolute Gasteiger partial charge is 0.358 e. The number of para-hydroxylation sites is 1. The average Bonchev–Trinajstić information content (AvgIpc) is 2.71. The van der Waals surface area contributed by atoms with Crippen LogP contribution in [-0.2, 0) is 9.63 Å². The number of hydrogen-bond acceptors (Lipinski definition) is 3. The highest BCUT2D eigenvalue weighted by Crippen LogP contribution is 2.22. The van der Waals surface area contributed by atoms with Crippen LogP contribution in [0.1, 0.15) is 16.1 Å². The molecular weight excluding hydrogens is 232 g/mol. The molecule has 0 aliphatic heterocycles. The van der Waals surface area contributed by atoms with E-state index in [2.05, 4.69) is 4.98 Å². The van der Waals surface area contributed by atoms with Crippen molar-refractivity contribution in [3.63, 3.8) is 0 Å². The Morgan fingerprint density at radius 2 is 1.94 bits per heavy atom. The lowest BCUT2D eigenvalue weighted by Crippen LogP contribution is -2.32. The van der Waals surface area contributed by atoms with Gasteiger partial charge in [-0.2, -0.15) is 0 Å². The standard InChI is InChI=1S/C13H14N2O3/c1-8-11(12(16)13(17)15(2)18-3)9-6-4-5-7-10(9)14-8/h4-7,14H,1-3H3. The Bertz CT molecular complexity index is 616. The Balaban J connectivity index is 2.51. The summed E-state index contributed by atoms with van der Waals surface area (Å²) in [6, 6.07) is 7.38. The number of ketones is 1. The van der Waals surface area contributed by atoms with Gasteiger partial charge in [0.2, 0.25) is 0 Å². The van der Waals surface area contributed by atoms with Crippen LogP contribution in [0.5, 0.6) is 0 Å². The highest BCUT2D eigenvalue weighted by atomic mass is 16.7. The van der Waals surface area contributed by atoms with Gasteiger partial charge in [-0.15, -0.1) is 0 Å². The highest BCUT2D eigenvalue weighted by Gasteiger charge is 2.25. The SMILES string of the molecule is CON(C)C(=O)C(=O)c1c(C)[nH]c2ccccc12. The topological polar surface area (TPSA) is 62.4 Å². The van der Waals surface area contributed by atoms with Gasteiger partial charge in [0.05, 0.1) is 12.7 Å². The number of carbonyl (C=O) groups is 2. The molecule has 0 aliphatic rings. The molecule has 18 heavy (non-hydrogen) atoms. The van der Waals surface area contributed by atoms with Crippen LogP contribution in [-0.4, -0.2) is 35.9 Å². The molecule has 5 heteroatoms. The molecular formula is C13H14N2O3. The van der Waals surface area contributed by atoms with Crippen molar-refractivity contribution in [2.45, 2.75) is 6.92 Å². The van der Waals surface area contributed by atoms with Crippen molar-refractivity contribution in [1.29, 1.82) is 0 Å². The van der Waals surface area contributed by atoms with Crippen molar-refractivity contribution in [3.8, 4) is 0 Å². The molecule has 2 rings (SSSR count). The molecule has 0 unspecified atom stereocenters. The van der Waals surface area contributed by atoms with Gasteiger partial charge in [0.1, 0.15) is 0 Å². The second-order valence-electron chi connectivity index (χ2n) is 3.98. The summed E-state index contributed by atoms with van der Waals surface area (Å²) in [4.78, 5) is 31.8. The minimum absolute atomic E-state index is 0.402. The number of likely N-dealkylation sites (N-methyl/N-ethyl adjacent to an activating group) is 1. The summed E-state index contributed by atoms with van der Waals surface area (Å²) in [5.41, 5.74) is 1.92. The number of fused-ring (bicyclic) bond motifs is 1. The van der Waals surface area contributed by atoms with Gasteiger partial charge in [-0.05, 0) is 13.0 Å². The third-order valence-corrected chi connectivity index (χ3v) is 2.87. The number of benzene rings is 1. The third kappa shape index (κ3) is 1.89. The molecule has 0 saturated carbocycles. The van der Waals surface area contributed by atoms with Crippen LogP contribution in [0.15, 0.2) is 24.3 Å². The first-order valence-corrected chi connectivity index (χ1v) is 5.50. The third-order valence-electron chi connectivity index (χ3n) is 2.87. The molecule has 0 spiro atoms. The summed E-state index contributed by atoms with van der Waals surface area (Å²) in [5.74, 6) is -1.26. The number of hydrogen-bond donors (Lipinski definition) is 1. The van der Waals surface area contributed by atoms with Crippen LogP contribution in [0.2, 0.25) is 0 Å². The molecule has 0 atom stereocenters. The van der Waals surface area contributed by atoms with E-state index in [4.69, 9.17) is 4.84 Å². The van der Waals surface area contributed by atoms with E-state index in [1.54, 1.807) is 6.92 Å². The lowest BCUT2D eigenvalue weighted by Gasteiger charge is -2.12. The second kappa shape index (κ2) is 4.62. The molecule has 2 aromatic rings. The van der Waals surface area contributed by atoms with Gasteiger partial charge in [0, 0.05) is 23.6 Å². The molecule has 1 aromatic heterocycles. The Hall–Kier alpha value is -2.14. The number of Topliss-reactive ketones (excluding diaryl/α,β-unsaturated/α-hetero) is 1. The zero-order chi connectivity index (χ0) is 13.3. The predicted molar refractivity (Wildman–Crippen MR) is 67.1 cm³/mol. The minimum atomic E-state index is -0.689. The van der Waals surface area contributed by atoms with Crippen LogP contribution >= 0.6 is 0 Å². The Labute approximate surface area is 104 Å². The molecule has 1 heterocycles.